The molecule has 0 spiro atoms. The number of hydrogen-bond donors (Lipinski definition) is 0. The van der Waals surface area contributed by atoms with Gasteiger partial charge in [-0.1, -0.05) is 18.2 Å². The molecule has 0 amide bonds. The summed E-state index contributed by atoms with van der Waals surface area (Å²) in [5.74, 6) is -0.126. The topological polar surface area (TPSA) is 50.3 Å². The van der Waals surface area contributed by atoms with Gasteiger partial charge in [0, 0.05) is 18.6 Å². The van der Waals surface area contributed by atoms with Crippen molar-refractivity contribution in [3.63, 3.8) is 0 Å². The van der Waals surface area contributed by atoms with E-state index in [2.05, 4.69) is 9.88 Å². The van der Waals surface area contributed by atoms with Gasteiger partial charge in [-0.15, -0.1) is 0 Å². The molecular formula is C17H21FN2O2S. The Bertz CT molecular complexity index is 718. The Morgan fingerprint density at radius 2 is 1.87 bits per heavy atom. The Morgan fingerprint density at radius 3 is 2.43 bits per heavy atom. The third kappa shape index (κ3) is 5.41. The Morgan fingerprint density at radius 1 is 1.17 bits per heavy atom. The molecule has 0 saturated heterocycles. The van der Waals surface area contributed by atoms with Crippen LogP contribution in [0.3, 0.4) is 0 Å². The predicted octanol–water partition coefficient (Wildman–Crippen LogP) is 2.68. The van der Waals surface area contributed by atoms with Crippen molar-refractivity contribution in [2.75, 3.05) is 25.6 Å². The fourth-order valence-corrected chi connectivity index (χ4v) is 3.24. The number of halogens is 1. The molecule has 23 heavy (non-hydrogen) atoms. The first-order valence-corrected chi connectivity index (χ1v) is 9.46. The highest BCUT2D eigenvalue weighted by atomic mass is 32.2. The molecule has 0 bridgehead atoms. The van der Waals surface area contributed by atoms with Crippen LogP contribution in [0.5, 0.6) is 0 Å². The van der Waals surface area contributed by atoms with E-state index in [0.29, 0.717) is 13.0 Å². The molecular weight excluding hydrogens is 315 g/mol. The molecule has 0 saturated carbocycles. The second-order valence-electron chi connectivity index (χ2n) is 5.70. The van der Waals surface area contributed by atoms with Crippen molar-refractivity contribution in [2.24, 2.45) is 0 Å². The van der Waals surface area contributed by atoms with Gasteiger partial charge in [-0.05, 0) is 49.3 Å². The van der Waals surface area contributed by atoms with Crippen LogP contribution < -0.4 is 0 Å². The molecule has 0 aliphatic carbocycles. The number of hydrogen-bond acceptors (Lipinski definition) is 4. The van der Waals surface area contributed by atoms with Gasteiger partial charge in [-0.3, -0.25) is 9.88 Å². The van der Waals surface area contributed by atoms with E-state index >= 15 is 0 Å². The third-order valence-corrected chi connectivity index (χ3v) is 4.68. The molecule has 0 N–H and O–H groups in total. The Kier molecular flexibility index (Phi) is 5.85. The van der Waals surface area contributed by atoms with Crippen molar-refractivity contribution in [2.45, 2.75) is 12.5 Å². The van der Waals surface area contributed by atoms with Gasteiger partial charge >= 0.3 is 0 Å². The largest absolute Gasteiger partial charge is 0.295 e. The van der Waals surface area contributed by atoms with E-state index in [-0.39, 0.29) is 17.6 Å². The van der Waals surface area contributed by atoms with Crippen molar-refractivity contribution in [3.05, 3.63) is 65.7 Å². The van der Waals surface area contributed by atoms with E-state index in [1.54, 1.807) is 24.5 Å². The van der Waals surface area contributed by atoms with Crippen molar-refractivity contribution >= 4 is 9.84 Å². The number of benzene rings is 1. The lowest BCUT2D eigenvalue weighted by atomic mass is 9.98. The minimum atomic E-state index is -2.97. The predicted molar refractivity (Wildman–Crippen MR) is 89.4 cm³/mol. The number of nitrogens with zero attached hydrogens (tertiary/aromatic N) is 2. The van der Waals surface area contributed by atoms with Crippen molar-refractivity contribution in [1.29, 1.82) is 0 Å². The van der Waals surface area contributed by atoms with Gasteiger partial charge in [-0.25, -0.2) is 12.8 Å². The Hall–Kier alpha value is -1.79. The summed E-state index contributed by atoms with van der Waals surface area (Å²) in [5.41, 5.74) is 1.93. The zero-order valence-electron chi connectivity index (χ0n) is 13.3. The Labute approximate surface area is 136 Å². The quantitative estimate of drug-likeness (QED) is 0.780. The minimum Gasteiger partial charge on any atom is -0.295 e. The van der Waals surface area contributed by atoms with Crippen LogP contribution in [0.15, 0.2) is 48.8 Å². The van der Waals surface area contributed by atoms with Crippen LogP contribution in [0.2, 0.25) is 0 Å². The average molecular weight is 336 g/mol. The maximum absolute atomic E-state index is 13.2. The minimum absolute atomic E-state index is 0.0936. The lowest BCUT2D eigenvalue weighted by Crippen LogP contribution is -2.28. The zero-order chi connectivity index (χ0) is 16.9. The summed E-state index contributed by atoms with van der Waals surface area (Å²) in [4.78, 5) is 6.22. The smallest absolute Gasteiger partial charge is 0.147 e. The Balaban J connectivity index is 2.21. The van der Waals surface area contributed by atoms with E-state index in [0.717, 1.165) is 11.1 Å². The molecule has 2 rings (SSSR count). The lowest BCUT2D eigenvalue weighted by molar-refractivity contribution is 0.279. The summed E-state index contributed by atoms with van der Waals surface area (Å²) >= 11 is 0. The van der Waals surface area contributed by atoms with E-state index < -0.39 is 9.84 Å². The van der Waals surface area contributed by atoms with Gasteiger partial charge in [0.15, 0.2) is 0 Å². The second-order valence-corrected chi connectivity index (χ2v) is 7.96. The SMILES string of the molecule is CN(CCCS(C)(=O)=O)C(c1ccc(F)cc1)c1cccnc1. The molecule has 124 valence electrons. The number of sulfone groups is 1. The molecule has 1 aromatic heterocycles. The standard InChI is InChI=1S/C17H21FN2O2S/c1-20(11-4-12-23(2,21)22)17(15-5-3-10-19-13-15)14-6-8-16(18)9-7-14/h3,5-10,13,17H,4,11-12H2,1-2H3. The van der Waals surface area contributed by atoms with Gasteiger partial charge in [0.1, 0.15) is 15.7 Å². The first kappa shape index (κ1) is 17.6. The molecule has 6 heteroatoms. The summed E-state index contributed by atoms with van der Waals surface area (Å²) in [5, 5.41) is 0. The summed E-state index contributed by atoms with van der Waals surface area (Å²) < 4.78 is 35.8. The van der Waals surface area contributed by atoms with E-state index in [9.17, 15) is 12.8 Å². The molecule has 1 unspecified atom stereocenters. The molecule has 0 aliphatic rings. The highest BCUT2D eigenvalue weighted by molar-refractivity contribution is 7.90. The van der Waals surface area contributed by atoms with Crippen molar-refractivity contribution < 1.29 is 12.8 Å². The van der Waals surface area contributed by atoms with Gasteiger partial charge in [-0.2, -0.15) is 0 Å². The van der Waals surface area contributed by atoms with E-state index in [1.165, 1.54) is 18.4 Å². The van der Waals surface area contributed by atoms with Crippen LogP contribution in [-0.4, -0.2) is 43.9 Å². The average Bonchev–Trinajstić information content (AvgIpc) is 2.49. The van der Waals surface area contributed by atoms with Crippen LogP contribution in [-0.2, 0) is 9.84 Å². The molecule has 0 fully saturated rings. The number of pyridine rings is 1. The fourth-order valence-electron chi connectivity index (χ4n) is 2.59. The van der Waals surface area contributed by atoms with Gasteiger partial charge in [0.25, 0.3) is 0 Å². The first-order chi connectivity index (χ1) is 10.9. The van der Waals surface area contributed by atoms with E-state index in [4.69, 9.17) is 0 Å². The van der Waals surface area contributed by atoms with Crippen LogP contribution in [0.25, 0.3) is 0 Å². The van der Waals surface area contributed by atoms with Crippen LogP contribution in [0, 0.1) is 5.82 Å². The van der Waals surface area contributed by atoms with Gasteiger partial charge < -0.3 is 0 Å². The molecule has 4 nitrogen and oxygen atoms in total. The summed E-state index contributed by atoms with van der Waals surface area (Å²) in [6.07, 6.45) is 5.27. The van der Waals surface area contributed by atoms with Crippen LogP contribution in [0.4, 0.5) is 4.39 Å². The van der Waals surface area contributed by atoms with Gasteiger partial charge in [0.2, 0.25) is 0 Å². The fraction of sp³-hybridized carbons (Fsp3) is 0.353. The van der Waals surface area contributed by atoms with Crippen LogP contribution in [0.1, 0.15) is 23.6 Å². The molecule has 1 aromatic carbocycles. The maximum atomic E-state index is 13.2. The summed E-state index contributed by atoms with van der Waals surface area (Å²) in [7, 11) is -1.04. The van der Waals surface area contributed by atoms with E-state index in [1.807, 2.05) is 19.2 Å². The second kappa shape index (κ2) is 7.66. The summed E-state index contributed by atoms with van der Waals surface area (Å²) in [6.45, 7) is 0.615. The molecule has 0 radical (unpaired) electrons. The normalized spacial score (nSPS) is 13.2. The van der Waals surface area contributed by atoms with Crippen molar-refractivity contribution in [3.8, 4) is 0 Å². The van der Waals surface area contributed by atoms with Crippen LogP contribution >= 0.6 is 0 Å². The lowest BCUT2D eigenvalue weighted by Gasteiger charge is -2.28. The monoisotopic (exact) mass is 336 g/mol. The molecule has 1 atom stereocenters. The molecule has 0 aliphatic heterocycles. The van der Waals surface area contributed by atoms with Gasteiger partial charge in [0.05, 0.1) is 11.8 Å². The highest BCUT2D eigenvalue weighted by Crippen LogP contribution is 2.27. The number of rotatable bonds is 7. The van der Waals surface area contributed by atoms with Crippen molar-refractivity contribution in [1.82, 2.24) is 9.88 Å². The first-order valence-electron chi connectivity index (χ1n) is 7.40. The maximum Gasteiger partial charge on any atom is 0.147 e. The number of aromatic nitrogens is 1. The molecule has 2 aromatic rings. The molecule has 1 heterocycles. The summed E-state index contributed by atoms with van der Waals surface area (Å²) in [6, 6.07) is 10.1. The zero-order valence-corrected chi connectivity index (χ0v) is 14.1. The highest BCUT2D eigenvalue weighted by Gasteiger charge is 2.19. The third-order valence-electron chi connectivity index (χ3n) is 3.65.